The minimum absolute atomic E-state index is 0.0407. The summed E-state index contributed by atoms with van der Waals surface area (Å²) in [4.78, 5) is 0. The van der Waals surface area contributed by atoms with Crippen LogP contribution in [0.5, 0.6) is 0 Å². The second-order valence-electron chi connectivity index (χ2n) is 5.79. The zero-order valence-electron chi connectivity index (χ0n) is 12.5. The highest BCUT2D eigenvalue weighted by Crippen LogP contribution is 2.42. The van der Waals surface area contributed by atoms with E-state index in [-0.39, 0.29) is 11.9 Å². The lowest BCUT2D eigenvalue weighted by atomic mass is 9.72. The zero-order chi connectivity index (χ0) is 14.5. The molecule has 0 amide bonds. The lowest BCUT2D eigenvalue weighted by molar-refractivity contribution is 0.174. The van der Waals surface area contributed by atoms with Crippen LogP contribution in [0.15, 0.2) is 18.2 Å². The number of hydrogen-bond acceptors (Lipinski definition) is 1. The van der Waals surface area contributed by atoms with Crippen molar-refractivity contribution in [1.82, 2.24) is 5.32 Å². The standard InChI is InChI=1S/C17H25ClFN/c1-3-12-8-5-6-9-13(12)17(20-4-2)16-14(18)10-7-11-15(16)19/h7,10-13,17,20H,3-6,8-9H2,1-2H3. The van der Waals surface area contributed by atoms with Crippen LogP contribution in [0.2, 0.25) is 5.02 Å². The van der Waals surface area contributed by atoms with Gasteiger partial charge in [-0.25, -0.2) is 4.39 Å². The first-order valence-electron chi connectivity index (χ1n) is 7.86. The lowest BCUT2D eigenvalue weighted by Crippen LogP contribution is -2.35. The summed E-state index contributed by atoms with van der Waals surface area (Å²) in [5.41, 5.74) is 0.668. The normalized spacial score (nSPS) is 24.6. The van der Waals surface area contributed by atoms with Crippen molar-refractivity contribution < 1.29 is 4.39 Å². The van der Waals surface area contributed by atoms with Crippen LogP contribution in [-0.4, -0.2) is 6.54 Å². The molecule has 1 saturated carbocycles. The fourth-order valence-electron chi connectivity index (χ4n) is 3.68. The van der Waals surface area contributed by atoms with E-state index in [2.05, 4.69) is 19.2 Å². The molecule has 1 aromatic rings. The molecule has 1 aliphatic rings. The van der Waals surface area contributed by atoms with Crippen molar-refractivity contribution in [1.29, 1.82) is 0 Å². The smallest absolute Gasteiger partial charge is 0.129 e. The van der Waals surface area contributed by atoms with Crippen LogP contribution in [0.1, 0.15) is 57.6 Å². The maximum atomic E-state index is 14.3. The molecule has 0 aromatic heterocycles. The third-order valence-corrected chi connectivity index (χ3v) is 4.98. The quantitative estimate of drug-likeness (QED) is 0.773. The molecule has 112 valence electrons. The van der Waals surface area contributed by atoms with Gasteiger partial charge in [0.05, 0.1) is 0 Å². The highest BCUT2D eigenvalue weighted by molar-refractivity contribution is 6.31. The molecule has 3 unspecified atom stereocenters. The van der Waals surface area contributed by atoms with Crippen LogP contribution >= 0.6 is 11.6 Å². The van der Waals surface area contributed by atoms with Crippen molar-refractivity contribution in [3.63, 3.8) is 0 Å². The Morgan fingerprint density at radius 3 is 2.70 bits per heavy atom. The molecule has 0 bridgehead atoms. The summed E-state index contributed by atoms with van der Waals surface area (Å²) in [5.74, 6) is 0.982. The maximum Gasteiger partial charge on any atom is 0.129 e. The zero-order valence-corrected chi connectivity index (χ0v) is 13.2. The van der Waals surface area contributed by atoms with Crippen molar-refractivity contribution in [3.05, 3.63) is 34.6 Å². The van der Waals surface area contributed by atoms with Gasteiger partial charge in [-0.15, -0.1) is 0 Å². The minimum atomic E-state index is -0.177. The highest BCUT2D eigenvalue weighted by atomic mass is 35.5. The molecular weight excluding hydrogens is 273 g/mol. The second-order valence-corrected chi connectivity index (χ2v) is 6.19. The van der Waals surface area contributed by atoms with E-state index in [1.807, 2.05) is 0 Å². The minimum Gasteiger partial charge on any atom is -0.310 e. The van der Waals surface area contributed by atoms with Gasteiger partial charge >= 0.3 is 0 Å². The van der Waals surface area contributed by atoms with Gasteiger partial charge in [-0.3, -0.25) is 0 Å². The Morgan fingerprint density at radius 1 is 1.30 bits per heavy atom. The van der Waals surface area contributed by atoms with Gasteiger partial charge < -0.3 is 5.32 Å². The molecule has 20 heavy (non-hydrogen) atoms. The van der Waals surface area contributed by atoms with E-state index in [0.717, 1.165) is 6.54 Å². The molecule has 0 aliphatic heterocycles. The predicted molar refractivity (Wildman–Crippen MR) is 83.6 cm³/mol. The fraction of sp³-hybridized carbons (Fsp3) is 0.647. The second kappa shape index (κ2) is 7.42. The van der Waals surface area contributed by atoms with Gasteiger partial charge in [-0.2, -0.15) is 0 Å². The first kappa shape index (κ1) is 15.8. The summed E-state index contributed by atoms with van der Waals surface area (Å²) in [5, 5.41) is 4.04. The van der Waals surface area contributed by atoms with E-state index in [9.17, 15) is 4.39 Å². The summed E-state index contributed by atoms with van der Waals surface area (Å²) in [6.07, 6.45) is 6.14. The van der Waals surface area contributed by atoms with Crippen LogP contribution in [0.3, 0.4) is 0 Å². The maximum absolute atomic E-state index is 14.3. The molecular formula is C17H25ClFN. The molecule has 1 N–H and O–H groups in total. The van der Waals surface area contributed by atoms with E-state index in [1.165, 1.54) is 38.2 Å². The summed E-state index contributed by atoms with van der Waals surface area (Å²) in [6, 6.07) is 5.05. The van der Waals surface area contributed by atoms with E-state index >= 15 is 0 Å². The van der Waals surface area contributed by atoms with Crippen LogP contribution in [0.25, 0.3) is 0 Å². The number of rotatable bonds is 5. The molecule has 3 atom stereocenters. The largest absolute Gasteiger partial charge is 0.310 e. The van der Waals surface area contributed by atoms with Crippen molar-refractivity contribution in [2.24, 2.45) is 11.8 Å². The van der Waals surface area contributed by atoms with Gasteiger partial charge in [-0.1, -0.05) is 57.2 Å². The molecule has 1 aliphatic carbocycles. The van der Waals surface area contributed by atoms with Gasteiger partial charge in [0.2, 0.25) is 0 Å². The summed E-state index contributed by atoms with van der Waals surface area (Å²) >= 11 is 6.29. The monoisotopic (exact) mass is 297 g/mol. The van der Waals surface area contributed by atoms with Crippen LogP contribution in [0, 0.1) is 17.7 Å². The molecule has 1 nitrogen and oxygen atoms in total. The summed E-state index contributed by atoms with van der Waals surface area (Å²) in [7, 11) is 0. The Hall–Kier alpha value is -0.600. The topological polar surface area (TPSA) is 12.0 Å². The molecule has 2 rings (SSSR count). The molecule has 0 heterocycles. The SMILES string of the molecule is CCNC(c1c(F)cccc1Cl)C1CCCCC1CC. The first-order valence-corrected chi connectivity index (χ1v) is 8.24. The van der Waals surface area contributed by atoms with Gasteiger partial charge in [0.15, 0.2) is 0 Å². The molecule has 0 spiro atoms. The Bertz CT molecular complexity index is 415. The van der Waals surface area contributed by atoms with E-state index in [1.54, 1.807) is 12.1 Å². The van der Waals surface area contributed by atoms with Crippen LogP contribution in [-0.2, 0) is 0 Å². The van der Waals surface area contributed by atoms with Gasteiger partial charge in [-0.05, 0) is 36.9 Å². The van der Waals surface area contributed by atoms with Crippen molar-refractivity contribution in [2.75, 3.05) is 6.54 Å². The number of hydrogen-bond donors (Lipinski definition) is 1. The number of halogens is 2. The number of benzene rings is 1. The van der Waals surface area contributed by atoms with E-state index in [0.29, 0.717) is 22.4 Å². The molecule has 3 heteroatoms. The predicted octanol–water partition coefficient (Wildman–Crippen LogP) is 5.35. The molecule has 0 saturated heterocycles. The Balaban J connectivity index is 2.34. The first-order chi connectivity index (χ1) is 9.69. The van der Waals surface area contributed by atoms with E-state index < -0.39 is 0 Å². The van der Waals surface area contributed by atoms with E-state index in [4.69, 9.17) is 11.6 Å². The average Bonchev–Trinajstić information content (AvgIpc) is 2.46. The summed E-state index contributed by atoms with van der Waals surface area (Å²) < 4.78 is 14.3. The van der Waals surface area contributed by atoms with Gasteiger partial charge in [0.1, 0.15) is 5.82 Å². The summed E-state index contributed by atoms with van der Waals surface area (Å²) in [6.45, 7) is 5.16. The van der Waals surface area contributed by atoms with Crippen molar-refractivity contribution in [3.8, 4) is 0 Å². The fourth-order valence-corrected chi connectivity index (χ4v) is 3.96. The van der Waals surface area contributed by atoms with Crippen LogP contribution in [0.4, 0.5) is 4.39 Å². The Morgan fingerprint density at radius 2 is 2.05 bits per heavy atom. The van der Waals surface area contributed by atoms with Gasteiger partial charge in [0, 0.05) is 16.6 Å². The third-order valence-electron chi connectivity index (χ3n) is 4.66. The van der Waals surface area contributed by atoms with Crippen LogP contribution < -0.4 is 5.32 Å². The molecule has 0 radical (unpaired) electrons. The van der Waals surface area contributed by atoms with Gasteiger partial charge in [0.25, 0.3) is 0 Å². The molecule has 1 fully saturated rings. The lowest BCUT2D eigenvalue weighted by Gasteiger charge is -2.38. The van der Waals surface area contributed by atoms with Crippen molar-refractivity contribution in [2.45, 2.75) is 52.0 Å². The highest BCUT2D eigenvalue weighted by Gasteiger charge is 2.33. The Labute approximate surface area is 126 Å². The molecule has 1 aromatic carbocycles. The third kappa shape index (κ3) is 3.35. The van der Waals surface area contributed by atoms with Crippen molar-refractivity contribution >= 4 is 11.6 Å². The Kier molecular flexibility index (Phi) is 5.86. The average molecular weight is 298 g/mol. The number of nitrogens with one attached hydrogen (secondary N) is 1.